The second-order valence-electron chi connectivity index (χ2n) is 4.69. The lowest BCUT2D eigenvalue weighted by atomic mass is 9.99. The smallest absolute Gasteiger partial charge is 0.231 e. The van der Waals surface area contributed by atoms with Gasteiger partial charge in [0.15, 0.2) is 0 Å². The Morgan fingerprint density at radius 3 is 2.89 bits per heavy atom. The number of aromatic nitrogens is 2. The molecule has 0 amide bonds. The second kappa shape index (κ2) is 6.82. The van der Waals surface area contributed by atoms with Gasteiger partial charge in [0, 0.05) is 6.04 Å². The lowest BCUT2D eigenvalue weighted by Crippen LogP contribution is -2.33. The monoisotopic (exact) mass is 279 g/mol. The molecule has 2 unspecified atom stereocenters. The number of nitrogens with zero attached hydrogens (tertiary/aromatic N) is 2. The van der Waals surface area contributed by atoms with E-state index in [2.05, 4.69) is 36.2 Å². The SMILES string of the molecule is CCCNC(CC)C(C)c1nc(-c2cccs2)no1. The average molecular weight is 279 g/mol. The van der Waals surface area contributed by atoms with Gasteiger partial charge in [-0.15, -0.1) is 11.3 Å². The molecule has 2 atom stereocenters. The van der Waals surface area contributed by atoms with Crippen LogP contribution in [0.5, 0.6) is 0 Å². The van der Waals surface area contributed by atoms with Crippen molar-refractivity contribution in [1.29, 1.82) is 0 Å². The summed E-state index contributed by atoms with van der Waals surface area (Å²) in [5.41, 5.74) is 0. The second-order valence-corrected chi connectivity index (χ2v) is 5.64. The van der Waals surface area contributed by atoms with Gasteiger partial charge in [0.25, 0.3) is 0 Å². The van der Waals surface area contributed by atoms with Gasteiger partial charge in [-0.2, -0.15) is 4.98 Å². The summed E-state index contributed by atoms with van der Waals surface area (Å²) in [6.45, 7) is 7.52. The Morgan fingerprint density at radius 1 is 1.42 bits per heavy atom. The highest BCUT2D eigenvalue weighted by Crippen LogP contribution is 2.25. The van der Waals surface area contributed by atoms with Gasteiger partial charge in [-0.25, -0.2) is 0 Å². The van der Waals surface area contributed by atoms with Crippen molar-refractivity contribution in [2.24, 2.45) is 0 Å². The Kier molecular flexibility index (Phi) is 5.10. The normalized spacial score (nSPS) is 14.5. The zero-order valence-corrected chi connectivity index (χ0v) is 12.5. The lowest BCUT2D eigenvalue weighted by Gasteiger charge is -2.20. The highest BCUT2D eigenvalue weighted by molar-refractivity contribution is 7.13. The van der Waals surface area contributed by atoms with Crippen LogP contribution in [0, 0.1) is 0 Å². The van der Waals surface area contributed by atoms with Crippen LogP contribution in [0.4, 0.5) is 0 Å². The van der Waals surface area contributed by atoms with E-state index >= 15 is 0 Å². The Bertz CT molecular complexity index is 481. The quantitative estimate of drug-likeness (QED) is 0.840. The molecule has 2 aromatic rings. The van der Waals surface area contributed by atoms with Crippen LogP contribution >= 0.6 is 11.3 Å². The van der Waals surface area contributed by atoms with Crippen LogP contribution < -0.4 is 5.32 Å². The van der Waals surface area contributed by atoms with E-state index in [1.165, 1.54) is 0 Å². The van der Waals surface area contributed by atoms with Crippen LogP contribution in [0.2, 0.25) is 0 Å². The first-order valence-electron chi connectivity index (χ1n) is 6.87. The third-order valence-corrected chi connectivity index (χ3v) is 4.14. The maximum atomic E-state index is 5.42. The Balaban J connectivity index is 2.08. The van der Waals surface area contributed by atoms with Crippen LogP contribution in [0.25, 0.3) is 10.7 Å². The number of hydrogen-bond donors (Lipinski definition) is 1. The first-order valence-corrected chi connectivity index (χ1v) is 7.75. The molecule has 0 aromatic carbocycles. The van der Waals surface area contributed by atoms with Gasteiger partial charge in [0.1, 0.15) is 0 Å². The van der Waals surface area contributed by atoms with Gasteiger partial charge < -0.3 is 9.84 Å². The molecule has 0 aliphatic heterocycles. The van der Waals surface area contributed by atoms with Crippen LogP contribution in [-0.4, -0.2) is 22.7 Å². The summed E-state index contributed by atoms with van der Waals surface area (Å²) in [5, 5.41) is 9.63. The Hall–Kier alpha value is -1.20. The van der Waals surface area contributed by atoms with E-state index in [0.29, 0.717) is 11.9 Å². The molecule has 0 saturated heterocycles. The van der Waals surface area contributed by atoms with Crippen LogP contribution in [0.3, 0.4) is 0 Å². The van der Waals surface area contributed by atoms with Gasteiger partial charge >= 0.3 is 0 Å². The Morgan fingerprint density at radius 2 is 2.26 bits per heavy atom. The standard InChI is InChI=1S/C14H21N3OS/c1-4-8-15-11(5-2)10(3)14-16-13(17-18-14)12-7-6-9-19-12/h6-7,9-11,15H,4-5,8H2,1-3H3. The van der Waals surface area contributed by atoms with Gasteiger partial charge in [-0.05, 0) is 30.8 Å². The molecule has 104 valence electrons. The zero-order valence-electron chi connectivity index (χ0n) is 11.7. The van der Waals surface area contributed by atoms with Crippen molar-refractivity contribution < 1.29 is 4.52 Å². The van der Waals surface area contributed by atoms with Crippen LogP contribution in [0.1, 0.15) is 45.4 Å². The predicted octanol–water partition coefficient (Wildman–Crippen LogP) is 3.68. The molecule has 0 saturated carbocycles. The molecule has 0 aliphatic carbocycles. The molecule has 5 heteroatoms. The van der Waals surface area contributed by atoms with Crippen molar-refractivity contribution in [3.05, 3.63) is 23.4 Å². The lowest BCUT2D eigenvalue weighted by molar-refractivity contribution is 0.319. The van der Waals surface area contributed by atoms with E-state index in [1.54, 1.807) is 11.3 Å². The van der Waals surface area contributed by atoms with E-state index in [0.717, 1.165) is 30.2 Å². The fraction of sp³-hybridized carbons (Fsp3) is 0.571. The maximum absolute atomic E-state index is 5.42. The summed E-state index contributed by atoms with van der Waals surface area (Å²) in [6, 6.07) is 4.39. The van der Waals surface area contributed by atoms with Crippen molar-refractivity contribution in [2.75, 3.05) is 6.54 Å². The minimum absolute atomic E-state index is 0.234. The molecule has 19 heavy (non-hydrogen) atoms. The largest absolute Gasteiger partial charge is 0.339 e. The number of thiophene rings is 1. The molecule has 0 fully saturated rings. The molecule has 2 aromatic heterocycles. The minimum atomic E-state index is 0.234. The molecule has 0 spiro atoms. The Labute approximate surface area is 118 Å². The topological polar surface area (TPSA) is 51.0 Å². The molecule has 4 nitrogen and oxygen atoms in total. The molecule has 0 bridgehead atoms. The summed E-state index contributed by atoms with van der Waals surface area (Å²) in [7, 11) is 0. The summed E-state index contributed by atoms with van der Waals surface area (Å²) in [5.74, 6) is 1.65. The van der Waals surface area contributed by atoms with E-state index in [4.69, 9.17) is 4.52 Å². The zero-order chi connectivity index (χ0) is 13.7. The van der Waals surface area contributed by atoms with E-state index < -0.39 is 0 Å². The summed E-state index contributed by atoms with van der Waals surface area (Å²) < 4.78 is 5.42. The first-order chi connectivity index (χ1) is 9.26. The molecule has 2 rings (SSSR count). The van der Waals surface area contributed by atoms with E-state index in [9.17, 15) is 0 Å². The van der Waals surface area contributed by atoms with Gasteiger partial charge in [0.05, 0.1) is 10.8 Å². The highest BCUT2D eigenvalue weighted by atomic mass is 32.1. The van der Waals surface area contributed by atoms with Crippen LogP contribution in [-0.2, 0) is 0 Å². The summed E-state index contributed by atoms with van der Waals surface area (Å²) >= 11 is 1.63. The highest BCUT2D eigenvalue weighted by Gasteiger charge is 2.22. The predicted molar refractivity (Wildman–Crippen MR) is 78.4 cm³/mol. The fourth-order valence-electron chi connectivity index (χ4n) is 2.10. The summed E-state index contributed by atoms with van der Waals surface area (Å²) in [4.78, 5) is 5.57. The van der Waals surface area contributed by atoms with Crippen molar-refractivity contribution in [3.8, 4) is 10.7 Å². The van der Waals surface area contributed by atoms with Gasteiger partial charge in [-0.1, -0.05) is 32.0 Å². The molecular weight excluding hydrogens is 258 g/mol. The first kappa shape index (κ1) is 14.2. The molecular formula is C14H21N3OS. The maximum Gasteiger partial charge on any atom is 0.231 e. The minimum Gasteiger partial charge on any atom is -0.339 e. The molecule has 2 heterocycles. The van der Waals surface area contributed by atoms with Crippen molar-refractivity contribution in [3.63, 3.8) is 0 Å². The fourth-order valence-corrected chi connectivity index (χ4v) is 2.75. The third-order valence-electron chi connectivity index (χ3n) is 3.27. The average Bonchev–Trinajstić information content (AvgIpc) is 3.10. The van der Waals surface area contributed by atoms with E-state index in [-0.39, 0.29) is 5.92 Å². The van der Waals surface area contributed by atoms with Crippen LogP contribution in [0.15, 0.2) is 22.0 Å². The third kappa shape index (κ3) is 3.42. The van der Waals surface area contributed by atoms with E-state index in [1.807, 2.05) is 17.5 Å². The summed E-state index contributed by atoms with van der Waals surface area (Å²) in [6.07, 6.45) is 2.19. The van der Waals surface area contributed by atoms with Crippen molar-refractivity contribution in [1.82, 2.24) is 15.5 Å². The van der Waals surface area contributed by atoms with Crippen molar-refractivity contribution in [2.45, 2.75) is 45.6 Å². The molecule has 0 aliphatic rings. The molecule has 1 N–H and O–H groups in total. The van der Waals surface area contributed by atoms with Gasteiger partial charge in [-0.3, -0.25) is 0 Å². The number of rotatable bonds is 7. The van der Waals surface area contributed by atoms with Crippen molar-refractivity contribution >= 4 is 11.3 Å². The number of hydrogen-bond acceptors (Lipinski definition) is 5. The number of nitrogens with one attached hydrogen (secondary N) is 1. The molecule has 0 radical (unpaired) electrons. The van der Waals surface area contributed by atoms with Gasteiger partial charge in [0.2, 0.25) is 11.7 Å².